The van der Waals surface area contributed by atoms with Gasteiger partial charge in [0.1, 0.15) is 6.29 Å². The third kappa shape index (κ3) is 4.65. The molecule has 0 aromatic heterocycles. The van der Waals surface area contributed by atoms with Crippen molar-refractivity contribution in [3.8, 4) is 0 Å². The summed E-state index contributed by atoms with van der Waals surface area (Å²) in [5.74, 6) is 2.50. The van der Waals surface area contributed by atoms with E-state index in [1.165, 1.54) is 56.2 Å². The molecule has 0 bridgehead atoms. The van der Waals surface area contributed by atoms with Crippen molar-refractivity contribution in [1.82, 2.24) is 0 Å². The molecular formula is C19H19BrOS2. The zero-order chi connectivity index (χ0) is 16.1. The lowest BCUT2D eigenvalue weighted by atomic mass is 10.1. The molecule has 120 valence electrons. The zero-order valence-corrected chi connectivity index (χ0v) is 16.1. The molecule has 1 nitrogen and oxygen atoms in total. The zero-order valence-electron chi connectivity index (χ0n) is 12.9. The minimum absolute atomic E-state index is 0.802. The van der Waals surface area contributed by atoms with Crippen LogP contribution in [0.1, 0.15) is 34.3 Å². The van der Waals surface area contributed by atoms with Gasteiger partial charge in [0.25, 0.3) is 0 Å². The largest absolute Gasteiger partial charge is 0.298 e. The van der Waals surface area contributed by atoms with E-state index < -0.39 is 0 Å². The molecule has 0 atom stereocenters. The molecule has 4 heteroatoms. The van der Waals surface area contributed by atoms with Gasteiger partial charge in [-0.2, -0.15) is 0 Å². The maximum Gasteiger partial charge on any atom is 0.150 e. The van der Waals surface area contributed by atoms with Gasteiger partial charge in [-0.05, 0) is 78.6 Å². The van der Waals surface area contributed by atoms with Gasteiger partial charge >= 0.3 is 0 Å². The molecule has 0 saturated heterocycles. The summed E-state index contributed by atoms with van der Waals surface area (Å²) in [4.78, 5) is 13.3. The van der Waals surface area contributed by atoms with E-state index in [9.17, 15) is 4.79 Å². The van der Waals surface area contributed by atoms with Crippen LogP contribution < -0.4 is 0 Å². The number of benzene rings is 2. The Morgan fingerprint density at radius 3 is 2.13 bits per heavy atom. The van der Waals surface area contributed by atoms with Crippen LogP contribution in [-0.4, -0.2) is 17.8 Å². The average molecular weight is 407 g/mol. The minimum atomic E-state index is 0.802. The van der Waals surface area contributed by atoms with Gasteiger partial charge in [0.05, 0.1) is 0 Å². The lowest BCUT2D eigenvalue weighted by molar-refractivity contribution is 0.112. The molecule has 0 spiro atoms. The van der Waals surface area contributed by atoms with Crippen LogP contribution in [0.4, 0.5) is 0 Å². The van der Waals surface area contributed by atoms with E-state index in [-0.39, 0.29) is 0 Å². The summed E-state index contributed by atoms with van der Waals surface area (Å²) in [5, 5.41) is 0. The van der Waals surface area contributed by atoms with Gasteiger partial charge in [-0.3, -0.25) is 4.79 Å². The monoisotopic (exact) mass is 406 g/mol. The molecule has 0 aliphatic carbocycles. The Morgan fingerprint density at radius 2 is 1.48 bits per heavy atom. The van der Waals surface area contributed by atoms with Gasteiger partial charge in [0.2, 0.25) is 0 Å². The third-order valence-electron chi connectivity index (χ3n) is 3.94. The second kappa shape index (κ2) is 8.41. The van der Waals surface area contributed by atoms with Crippen LogP contribution >= 0.6 is 39.5 Å². The smallest absolute Gasteiger partial charge is 0.150 e. The van der Waals surface area contributed by atoms with Crippen LogP contribution in [0.25, 0.3) is 0 Å². The van der Waals surface area contributed by atoms with Crippen molar-refractivity contribution in [1.29, 1.82) is 0 Å². The van der Waals surface area contributed by atoms with Crippen molar-refractivity contribution < 1.29 is 4.79 Å². The van der Waals surface area contributed by atoms with Crippen LogP contribution in [0.2, 0.25) is 0 Å². The predicted octanol–water partition coefficient (Wildman–Crippen LogP) is 6.02. The fourth-order valence-corrected chi connectivity index (χ4v) is 5.23. The Labute approximate surface area is 154 Å². The Kier molecular flexibility index (Phi) is 6.26. The van der Waals surface area contributed by atoms with Gasteiger partial charge in [0.15, 0.2) is 0 Å². The number of hydrogen-bond donors (Lipinski definition) is 0. The van der Waals surface area contributed by atoms with Crippen LogP contribution in [-0.2, 0) is 12.8 Å². The number of carbonyl (C=O) groups excluding carboxylic acids is 1. The number of fused-ring (bicyclic) bond motifs is 2. The normalized spacial score (nSPS) is 15.7. The summed E-state index contributed by atoms with van der Waals surface area (Å²) < 4.78 is 1.21. The van der Waals surface area contributed by atoms with Gasteiger partial charge < -0.3 is 0 Å². The van der Waals surface area contributed by atoms with Crippen LogP contribution in [0.15, 0.2) is 50.7 Å². The predicted molar refractivity (Wildman–Crippen MR) is 104 cm³/mol. The van der Waals surface area contributed by atoms with Crippen molar-refractivity contribution in [3.63, 3.8) is 0 Å². The van der Waals surface area contributed by atoms with Gasteiger partial charge in [0, 0.05) is 19.8 Å². The maximum atomic E-state index is 10.5. The molecule has 2 heterocycles. The highest BCUT2D eigenvalue weighted by Gasteiger charge is 2.09. The van der Waals surface area contributed by atoms with Crippen molar-refractivity contribution >= 4 is 45.7 Å². The first kappa shape index (κ1) is 17.1. The quantitative estimate of drug-likeness (QED) is 0.538. The van der Waals surface area contributed by atoms with Gasteiger partial charge in [-0.1, -0.05) is 22.0 Å². The van der Waals surface area contributed by atoms with E-state index in [1.54, 1.807) is 0 Å². The number of hydrogen-bond acceptors (Lipinski definition) is 3. The molecule has 2 aliphatic rings. The fourth-order valence-electron chi connectivity index (χ4n) is 2.78. The molecule has 0 amide bonds. The van der Waals surface area contributed by atoms with E-state index in [0.29, 0.717) is 0 Å². The number of aryl methyl sites for hydroxylation is 2. The minimum Gasteiger partial charge on any atom is -0.298 e. The topological polar surface area (TPSA) is 17.1 Å². The van der Waals surface area contributed by atoms with Gasteiger partial charge in [-0.25, -0.2) is 0 Å². The summed E-state index contributed by atoms with van der Waals surface area (Å²) in [6, 6.07) is 12.5. The van der Waals surface area contributed by atoms with Crippen molar-refractivity contribution in [2.45, 2.75) is 35.5 Å². The summed E-state index contributed by atoms with van der Waals surface area (Å²) >= 11 is 7.35. The highest BCUT2D eigenvalue weighted by molar-refractivity contribution is 9.10. The Balaban J connectivity index is 0.000000136. The highest BCUT2D eigenvalue weighted by atomic mass is 79.9. The van der Waals surface area contributed by atoms with E-state index in [0.717, 1.165) is 18.3 Å². The number of halogens is 1. The Bertz CT molecular complexity index is 700. The second-order valence-electron chi connectivity index (χ2n) is 5.64. The van der Waals surface area contributed by atoms with E-state index in [1.807, 2.05) is 35.7 Å². The third-order valence-corrected chi connectivity index (χ3v) is 6.84. The summed E-state index contributed by atoms with van der Waals surface area (Å²) in [6.45, 7) is 0. The van der Waals surface area contributed by atoms with E-state index in [2.05, 4.69) is 40.2 Å². The highest BCUT2D eigenvalue weighted by Crippen LogP contribution is 2.31. The van der Waals surface area contributed by atoms with Crippen molar-refractivity contribution in [2.75, 3.05) is 11.5 Å². The second-order valence-corrected chi connectivity index (χ2v) is 8.83. The van der Waals surface area contributed by atoms with Crippen LogP contribution in [0, 0.1) is 0 Å². The first-order chi connectivity index (χ1) is 11.3. The molecule has 2 aliphatic heterocycles. The molecule has 2 aromatic rings. The summed E-state index contributed by atoms with van der Waals surface area (Å²) in [5.41, 5.74) is 3.66. The molecule has 4 rings (SSSR count). The standard InChI is InChI=1S/C10H10OS.C9H9BrS/c11-7-8-3-4-10-9(6-8)2-1-5-12-10;10-8-3-4-9-7(6-8)2-1-5-11-9/h3-4,6-7H,1-2,5H2;3-4,6H,1-2,5H2. The van der Waals surface area contributed by atoms with E-state index >= 15 is 0 Å². The average Bonchev–Trinajstić information content (AvgIpc) is 2.61. The SMILES string of the molecule is Brc1ccc2c(c1)CCCS2.O=Cc1ccc2c(c1)CCCS2. The first-order valence-electron chi connectivity index (χ1n) is 7.88. The molecule has 0 saturated carbocycles. The Hall–Kier alpha value is -0.710. The number of rotatable bonds is 1. The number of thioether (sulfide) groups is 2. The molecule has 0 fully saturated rings. The molecule has 2 aromatic carbocycles. The van der Waals surface area contributed by atoms with E-state index in [4.69, 9.17) is 0 Å². The maximum absolute atomic E-state index is 10.5. The lowest BCUT2D eigenvalue weighted by Gasteiger charge is -2.14. The van der Waals surface area contributed by atoms with Crippen LogP contribution in [0.5, 0.6) is 0 Å². The summed E-state index contributed by atoms with van der Waals surface area (Å²) in [6.07, 6.45) is 5.86. The molecule has 23 heavy (non-hydrogen) atoms. The number of carbonyl (C=O) groups is 1. The molecule has 0 N–H and O–H groups in total. The Morgan fingerprint density at radius 1 is 0.870 bits per heavy atom. The summed E-state index contributed by atoms with van der Waals surface area (Å²) in [7, 11) is 0. The molecule has 0 radical (unpaired) electrons. The first-order valence-corrected chi connectivity index (χ1v) is 10.6. The fraction of sp³-hybridized carbons (Fsp3) is 0.316. The van der Waals surface area contributed by atoms with Crippen molar-refractivity contribution in [2.24, 2.45) is 0 Å². The number of aldehydes is 1. The van der Waals surface area contributed by atoms with Gasteiger partial charge in [-0.15, -0.1) is 23.5 Å². The lowest BCUT2D eigenvalue weighted by Crippen LogP contribution is -1.98. The van der Waals surface area contributed by atoms with Crippen molar-refractivity contribution in [3.05, 3.63) is 57.6 Å². The van der Waals surface area contributed by atoms with Crippen LogP contribution in [0.3, 0.4) is 0 Å². The molecule has 0 unspecified atom stereocenters. The molecular weight excluding hydrogens is 388 g/mol.